The molecule has 0 bridgehead atoms. The minimum Gasteiger partial charge on any atom is -0.390 e. The van der Waals surface area contributed by atoms with Gasteiger partial charge in [0.05, 0.1) is 6.34 Å². The molecule has 1 rings (SSSR count). The number of hydrogen-bond acceptors (Lipinski definition) is 2. The van der Waals surface area contributed by atoms with Crippen LogP contribution in [0.15, 0.2) is 29.4 Å². The molecule has 1 aromatic rings. The Kier molecular flexibility index (Phi) is 1.80. The molecule has 1 aromatic heterocycles. The molecule has 0 unspecified atom stereocenters. The van der Waals surface area contributed by atoms with E-state index in [1.807, 2.05) is 12.1 Å². The summed E-state index contributed by atoms with van der Waals surface area (Å²) in [5.41, 5.74) is 5.03. The van der Waals surface area contributed by atoms with E-state index in [9.17, 15) is 0 Å². The summed E-state index contributed by atoms with van der Waals surface area (Å²) in [5, 5.41) is 0. The first kappa shape index (κ1) is 5.75. The SMILES string of the molecule is NC=Nc1ccccn1. The third kappa shape index (κ3) is 1.53. The Hall–Kier alpha value is -1.38. The van der Waals surface area contributed by atoms with E-state index < -0.39 is 0 Å². The van der Waals surface area contributed by atoms with Gasteiger partial charge >= 0.3 is 0 Å². The molecule has 0 aliphatic carbocycles. The number of nitrogens with zero attached hydrogens (tertiary/aromatic N) is 2. The first-order valence-electron chi connectivity index (χ1n) is 2.59. The Morgan fingerprint density at radius 1 is 1.56 bits per heavy atom. The summed E-state index contributed by atoms with van der Waals surface area (Å²) in [5.74, 6) is 0.639. The molecule has 1 heterocycles. The molecule has 2 N–H and O–H groups in total. The van der Waals surface area contributed by atoms with E-state index in [-0.39, 0.29) is 0 Å². The lowest BCUT2D eigenvalue weighted by Gasteiger charge is -1.85. The highest BCUT2D eigenvalue weighted by Gasteiger charge is 1.80. The molecule has 46 valence electrons. The molecule has 9 heavy (non-hydrogen) atoms. The second-order valence-corrected chi connectivity index (χ2v) is 1.47. The Morgan fingerprint density at radius 2 is 2.44 bits per heavy atom. The van der Waals surface area contributed by atoms with Crippen molar-refractivity contribution in [3.8, 4) is 0 Å². The standard InChI is InChI=1S/C6H7N3/c7-5-9-6-3-1-2-4-8-6/h1-5H,(H2,7,8,9). The predicted octanol–water partition coefficient (Wildman–Crippen LogP) is 0.700. The average Bonchev–Trinajstić information content (AvgIpc) is 1.91. The Morgan fingerprint density at radius 3 is 3.00 bits per heavy atom. The first-order valence-corrected chi connectivity index (χ1v) is 2.59. The van der Waals surface area contributed by atoms with Crippen molar-refractivity contribution in [2.75, 3.05) is 0 Å². The van der Waals surface area contributed by atoms with Gasteiger partial charge in [-0.3, -0.25) is 0 Å². The molecule has 0 saturated heterocycles. The Labute approximate surface area is 53.3 Å². The van der Waals surface area contributed by atoms with E-state index in [0.29, 0.717) is 5.82 Å². The van der Waals surface area contributed by atoms with Gasteiger partial charge in [-0.2, -0.15) is 0 Å². The van der Waals surface area contributed by atoms with E-state index in [2.05, 4.69) is 9.98 Å². The number of rotatable bonds is 1. The van der Waals surface area contributed by atoms with E-state index in [1.54, 1.807) is 12.3 Å². The van der Waals surface area contributed by atoms with Gasteiger partial charge in [0.2, 0.25) is 0 Å². The lowest BCUT2D eigenvalue weighted by atomic mass is 10.5. The number of nitrogens with two attached hydrogens (primary N) is 1. The second-order valence-electron chi connectivity index (χ2n) is 1.47. The van der Waals surface area contributed by atoms with Crippen molar-refractivity contribution < 1.29 is 0 Å². The zero-order valence-electron chi connectivity index (χ0n) is 4.86. The molecule has 0 atom stereocenters. The van der Waals surface area contributed by atoms with Crippen LogP contribution in [0.4, 0.5) is 5.82 Å². The molecule has 0 saturated carbocycles. The molecule has 0 spiro atoms. The summed E-state index contributed by atoms with van der Waals surface area (Å²) in [6.07, 6.45) is 2.89. The number of hydrogen-bond donors (Lipinski definition) is 1. The van der Waals surface area contributed by atoms with Crippen molar-refractivity contribution in [2.24, 2.45) is 10.7 Å². The lowest BCUT2D eigenvalue weighted by Crippen LogP contribution is -1.86. The Bertz CT molecular complexity index is 193. The fraction of sp³-hybridized carbons (Fsp3) is 0. The van der Waals surface area contributed by atoms with Crippen LogP contribution in [0.5, 0.6) is 0 Å². The number of aromatic nitrogens is 1. The summed E-state index contributed by atoms with van der Waals surface area (Å²) in [4.78, 5) is 7.64. The van der Waals surface area contributed by atoms with E-state index >= 15 is 0 Å². The van der Waals surface area contributed by atoms with Crippen molar-refractivity contribution >= 4 is 12.2 Å². The van der Waals surface area contributed by atoms with Crippen LogP contribution in [0.1, 0.15) is 0 Å². The predicted molar refractivity (Wildman–Crippen MR) is 36.6 cm³/mol. The normalized spacial score (nSPS) is 10.2. The zero-order valence-corrected chi connectivity index (χ0v) is 4.86. The van der Waals surface area contributed by atoms with Crippen molar-refractivity contribution in [1.82, 2.24) is 4.98 Å². The summed E-state index contributed by atoms with van der Waals surface area (Å²) >= 11 is 0. The quantitative estimate of drug-likeness (QED) is 0.439. The van der Waals surface area contributed by atoms with Gasteiger partial charge in [0, 0.05) is 6.20 Å². The van der Waals surface area contributed by atoms with E-state index in [1.165, 1.54) is 6.34 Å². The van der Waals surface area contributed by atoms with Gasteiger partial charge in [-0.15, -0.1) is 0 Å². The summed E-state index contributed by atoms with van der Waals surface area (Å²) < 4.78 is 0. The fourth-order valence-electron chi connectivity index (χ4n) is 0.506. The van der Waals surface area contributed by atoms with Crippen LogP contribution >= 0.6 is 0 Å². The highest BCUT2D eigenvalue weighted by atomic mass is 14.9. The number of pyridine rings is 1. The van der Waals surface area contributed by atoms with Gasteiger partial charge in [0.25, 0.3) is 0 Å². The maximum atomic E-state index is 5.03. The highest BCUT2D eigenvalue weighted by molar-refractivity contribution is 5.56. The molecule has 0 aromatic carbocycles. The van der Waals surface area contributed by atoms with Crippen LogP contribution in [0, 0.1) is 0 Å². The molecule has 0 radical (unpaired) electrons. The summed E-state index contributed by atoms with van der Waals surface area (Å²) in [6.45, 7) is 0. The molecular weight excluding hydrogens is 114 g/mol. The maximum Gasteiger partial charge on any atom is 0.153 e. The van der Waals surface area contributed by atoms with E-state index in [4.69, 9.17) is 5.73 Å². The van der Waals surface area contributed by atoms with Crippen LogP contribution in [-0.4, -0.2) is 11.3 Å². The van der Waals surface area contributed by atoms with Crippen molar-refractivity contribution in [2.45, 2.75) is 0 Å². The second kappa shape index (κ2) is 2.81. The van der Waals surface area contributed by atoms with Crippen molar-refractivity contribution in [1.29, 1.82) is 0 Å². The summed E-state index contributed by atoms with van der Waals surface area (Å²) in [7, 11) is 0. The molecule has 3 heteroatoms. The third-order valence-electron chi connectivity index (χ3n) is 0.856. The monoisotopic (exact) mass is 121 g/mol. The van der Waals surface area contributed by atoms with Gasteiger partial charge in [0.15, 0.2) is 5.82 Å². The van der Waals surface area contributed by atoms with Gasteiger partial charge < -0.3 is 5.73 Å². The average molecular weight is 121 g/mol. The van der Waals surface area contributed by atoms with Gasteiger partial charge in [-0.1, -0.05) is 6.07 Å². The van der Waals surface area contributed by atoms with E-state index in [0.717, 1.165) is 0 Å². The molecule has 0 fully saturated rings. The fourth-order valence-corrected chi connectivity index (χ4v) is 0.506. The summed E-state index contributed by atoms with van der Waals surface area (Å²) in [6, 6.07) is 5.47. The largest absolute Gasteiger partial charge is 0.390 e. The van der Waals surface area contributed by atoms with Crippen LogP contribution in [-0.2, 0) is 0 Å². The minimum absolute atomic E-state index is 0.639. The topological polar surface area (TPSA) is 51.3 Å². The van der Waals surface area contributed by atoms with Crippen molar-refractivity contribution in [3.63, 3.8) is 0 Å². The van der Waals surface area contributed by atoms with Crippen molar-refractivity contribution in [3.05, 3.63) is 24.4 Å². The lowest BCUT2D eigenvalue weighted by molar-refractivity contribution is 1.28. The molecule has 0 aliphatic heterocycles. The van der Waals surface area contributed by atoms with Gasteiger partial charge in [-0.05, 0) is 12.1 Å². The van der Waals surface area contributed by atoms with Crippen LogP contribution in [0.3, 0.4) is 0 Å². The van der Waals surface area contributed by atoms with Gasteiger partial charge in [0.1, 0.15) is 0 Å². The smallest absolute Gasteiger partial charge is 0.153 e. The molecule has 0 amide bonds. The molecule has 0 aliphatic rings. The van der Waals surface area contributed by atoms with Crippen LogP contribution in [0.25, 0.3) is 0 Å². The maximum absolute atomic E-state index is 5.03. The number of aliphatic imine (C=N–C) groups is 1. The van der Waals surface area contributed by atoms with Gasteiger partial charge in [-0.25, -0.2) is 9.98 Å². The third-order valence-corrected chi connectivity index (χ3v) is 0.856. The van der Waals surface area contributed by atoms with Crippen LogP contribution in [0.2, 0.25) is 0 Å². The zero-order chi connectivity index (χ0) is 6.53. The highest BCUT2D eigenvalue weighted by Crippen LogP contribution is 2.01. The molecular formula is C6H7N3. The van der Waals surface area contributed by atoms with Crippen LogP contribution < -0.4 is 5.73 Å². The Balaban J connectivity index is 2.85. The minimum atomic E-state index is 0.639. The first-order chi connectivity index (χ1) is 4.43. The molecule has 3 nitrogen and oxygen atoms in total.